The highest BCUT2D eigenvalue weighted by Gasteiger charge is 2.13. The predicted molar refractivity (Wildman–Crippen MR) is 54.5 cm³/mol. The summed E-state index contributed by atoms with van der Waals surface area (Å²) >= 11 is 0. The van der Waals surface area contributed by atoms with Crippen molar-refractivity contribution in [2.45, 2.75) is 26.7 Å². The molecule has 0 aliphatic heterocycles. The summed E-state index contributed by atoms with van der Waals surface area (Å²) in [7, 11) is 0. The van der Waals surface area contributed by atoms with Crippen molar-refractivity contribution in [3.8, 4) is 0 Å². The molecule has 1 rings (SSSR count). The molecule has 0 spiro atoms. The molecular weight excluding hydrogens is 217 g/mol. The van der Waals surface area contributed by atoms with E-state index >= 15 is 0 Å². The fourth-order valence-corrected chi connectivity index (χ4v) is 1.44. The number of halogens is 3. The predicted octanol–water partition coefficient (Wildman–Crippen LogP) is 3.26. The zero-order valence-corrected chi connectivity index (χ0v) is 9.19. The van der Waals surface area contributed by atoms with Crippen LogP contribution in [0.25, 0.3) is 0 Å². The number of ketones is 1. The first-order valence-corrected chi connectivity index (χ1v) is 5.05. The molecule has 0 N–H and O–H groups in total. The van der Waals surface area contributed by atoms with E-state index in [9.17, 15) is 18.0 Å². The SMILES string of the molecule is CC(C)CC(=O)Cc1cc(F)c(F)cc1F. The standard InChI is InChI=1S/C12H13F3O/c1-7(2)3-9(16)4-8-5-11(14)12(15)6-10(8)13/h5-7H,3-4H2,1-2H3. The van der Waals surface area contributed by atoms with Gasteiger partial charge in [0.25, 0.3) is 0 Å². The lowest BCUT2D eigenvalue weighted by Crippen LogP contribution is -2.08. The molecule has 1 aromatic carbocycles. The zero-order chi connectivity index (χ0) is 12.3. The fourth-order valence-electron chi connectivity index (χ4n) is 1.44. The lowest BCUT2D eigenvalue weighted by molar-refractivity contribution is -0.119. The molecule has 1 nitrogen and oxygen atoms in total. The van der Waals surface area contributed by atoms with Crippen molar-refractivity contribution < 1.29 is 18.0 Å². The molecule has 0 amide bonds. The van der Waals surface area contributed by atoms with Crippen LogP contribution in [0.4, 0.5) is 13.2 Å². The lowest BCUT2D eigenvalue weighted by Gasteiger charge is -2.05. The van der Waals surface area contributed by atoms with Crippen LogP contribution in [0, 0.1) is 23.4 Å². The van der Waals surface area contributed by atoms with Gasteiger partial charge in [0.15, 0.2) is 11.6 Å². The van der Waals surface area contributed by atoms with Crippen LogP contribution in [0.2, 0.25) is 0 Å². The average Bonchev–Trinajstić information content (AvgIpc) is 2.12. The second kappa shape index (κ2) is 5.14. The van der Waals surface area contributed by atoms with Crippen molar-refractivity contribution in [3.63, 3.8) is 0 Å². The summed E-state index contributed by atoms with van der Waals surface area (Å²) in [5.74, 6) is -3.26. The summed E-state index contributed by atoms with van der Waals surface area (Å²) in [6.07, 6.45) is 0.111. The van der Waals surface area contributed by atoms with Crippen molar-refractivity contribution in [1.29, 1.82) is 0 Å². The number of hydrogen-bond donors (Lipinski definition) is 0. The molecule has 0 unspecified atom stereocenters. The fraction of sp³-hybridized carbons (Fsp3) is 0.417. The Labute approximate surface area is 92.3 Å². The van der Waals surface area contributed by atoms with Crippen molar-refractivity contribution >= 4 is 5.78 Å². The molecule has 0 aliphatic rings. The molecule has 0 aromatic heterocycles. The van der Waals surface area contributed by atoms with Gasteiger partial charge in [0, 0.05) is 18.9 Å². The maximum atomic E-state index is 13.2. The van der Waals surface area contributed by atoms with Gasteiger partial charge in [-0.05, 0) is 17.5 Å². The molecule has 0 bridgehead atoms. The van der Waals surface area contributed by atoms with Crippen LogP contribution in [-0.2, 0) is 11.2 Å². The van der Waals surface area contributed by atoms with Gasteiger partial charge in [0.05, 0.1) is 0 Å². The van der Waals surface area contributed by atoms with E-state index in [0.717, 1.165) is 6.07 Å². The minimum absolute atomic E-state index is 0.0930. The first-order valence-electron chi connectivity index (χ1n) is 5.05. The van der Waals surface area contributed by atoms with Crippen LogP contribution in [0.1, 0.15) is 25.8 Å². The Hall–Kier alpha value is -1.32. The number of carbonyl (C=O) groups excluding carboxylic acids is 1. The number of carbonyl (C=O) groups is 1. The van der Waals surface area contributed by atoms with Crippen LogP contribution in [0.15, 0.2) is 12.1 Å². The number of rotatable bonds is 4. The Morgan fingerprint density at radius 1 is 1.12 bits per heavy atom. The van der Waals surface area contributed by atoms with Crippen LogP contribution in [0.3, 0.4) is 0 Å². The van der Waals surface area contributed by atoms with Crippen LogP contribution >= 0.6 is 0 Å². The highest BCUT2D eigenvalue weighted by molar-refractivity contribution is 5.81. The summed E-state index contributed by atoms with van der Waals surface area (Å²) in [5, 5.41) is 0. The normalized spacial score (nSPS) is 10.9. The molecule has 88 valence electrons. The number of Topliss-reactive ketones (excluding diaryl/α,β-unsaturated/α-hetero) is 1. The topological polar surface area (TPSA) is 17.1 Å². The van der Waals surface area contributed by atoms with Gasteiger partial charge >= 0.3 is 0 Å². The number of benzene rings is 1. The Morgan fingerprint density at radius 2 is 1.69 bits per heavy atom. The first kappa shape index (κ1) is 12.7. The van der Waals surface area contributed by atoms with E-state index in [-0.39, 0.29) is 23.7 Å². The van der Waals surface area contributed by atoms with E-state index in [4.69, 9.17) is 0 Å². The molecule has 4 heteroatoms. The average molecular weight is 230 g/mol. The van der Waals surface area contributed by atoms with Crippen LogP contribution in [0.5, 0.6) is 0 Å². The van der Waals surface area contributed by atoms with Crippen LogP contribution in [-0.4, -0.2) is 5.78 Å². The molecular formula is C12H13F3O. The molecule has 0 radical (unpaired) electrons. The minimum Gasteiger partial charge on any atom is -0.299 e. The third kappa shape index (κ3) is 3.36. The third-order valence-corrected chi connectivity index (χ3v) is 2.11. The summed E-state index contributed by atoms with van der Waals surface area (Å²) in [4.78, 5) is 11.4. The van der Waals surface area contributed by atoms with Crippen molar-refractivity contribution in [3.05, 3.63) is 35.1 Å². The van der Waals surface area contributed by atoms with Gasteiger partial charge < -0.3 is 0 Å². The smallest absolute Gasteiger partial charge is 0.161 e. The zero-order valence-electron chi connectivity index (χ0n) is 9.19. The Balaban J connectivity index is 2.81. The summed E-state index contributed by atoms with van der Waals surface area (Å²) < 4.78 is 38.6. The molecule has 1 aromatic rings. The maximum Gasteiger partial charge on any atom is 0.161 e. The Kier molecular flexibility index (Phi) is 4.10. The van der Waals surface area contributed by atoms with E-state index in [1.807, 2.05) is 13.8 Å². The molecule has 0 aliphatic carbocycles. The van der Waals surface area contributed by atoms with Gasteiger partial charge in [-0.1, -0.05) is 13.8 Å². The van der Waals surface area contributed by atoms with Crippen LogP contribution < -0.4 is 0 Å². The molecule has 0 saturated carbocycles. The van der Waals surface area contributed by atoms with E-state index in [2.05, 4.69) is 0 Å². The molecule has 0 saturated heterocycles. The molecule has 0 heterocycles. The lowest BCUT2D eigenvalue weighted by atomic mass is 10.0. The van der Waals surface area contributed by atoms with Gasteiger partial charge in [0.2, 0.25) is 0 Å². The van der Waals surface area contributed by atoms with Crippen molar-refractivity contribution in [2.24, 2.45) is 5.92 Å². The Morgan fingerprint density at radius 3 is 2.25 bits per heavy atom. The van der Waals surface area contributed by atoms with E-state index in [1.54, 1.807) is 0 Å². The third-order valence-electron chi connectivity index (χ3n) is 2.11. The second-order valence-electron chi connectivity index (χ2n) is 4.17. The Bertz CT molecular complexity index is 399. The van der Waals surface area contributed by atoms with Gasteiger partial charge in [-0.3, -0.25) is 4.79 Å². The monoisotopic (exact) mass is 230 g/mol. The summed E-state index contributed by atoms with van der Waals surface area (Å²) in [6.45, 7) is 3.72. The van der Waals surface area contributed by atoms with Crippen molar-refractivity contribution in [1.82, 2.24) is 0 Å². The van der Waals surface area contributed by atoms with E-state index in [1.165, 1.54) is 0 Å². The maximum absolute atomic E-state index is 13.2. The molecule has 16 heavy (non-hydrogen) atoms. The highest BCUT2D eigenvalue weighted by Crippen LogP contribution is 2.15. The van der Waals surface area contributed by atoms with Crippen molar-refractivity contribution in [2.75, 3.05) is 0 Å². The largest absolute Gasteiger partial charge is 0.299 e. The second-order valence-corrected chi connectivity index (χ2v) is 4.17. The summed E-state index contributed by atoms with van der Waals surface area (Å²) in [6, 6.07) is 1.20. The number of hydrogen-bond acceptors (Lipinski definition) is 1. The summed E-state index contributed by atoms with van der Waals surface area (Å²) in [5.41, 5.74) is -0.0930. The molecule has 0 atom stereocenters. The van der Waals surface area contributed by atoms with Gasteiger partial charge in [-0.15, -0.1) is 0 Å². The molecule has 0 fully saturated rings. The first-order chi connectivity index (χ1) is 7.40. The highest BCUT2D eigenvalue weighted by atomic mass is 19.2. The van der Waals surface area contributed by atoms with Gasteiger partial charge in [0.1, 0.15) is 11.6 Å². The van der Waals surface area contributed by atoms with E-state index in [0.29, 0.717) is 12.5 Å². The van der Waals surface area contributed by atoms with Gasteiger partial charge in [-0.2, -0.15) is 0 Å². The minimum atomic E-state index is -1.24. The quantitative estimate of drug-likeness (QED) is 0.725. The van der Waals surface area contributed by atoms with Gasteiger partial charge in [-0.25, -0.2) is 13.2 Å². The van der Waals surface area contributed by atoms with E-state index < -0.39 is 17.5 Å².